The molecule has 0 heterocycles. The number of hydrogen-bond donors (Lipinski definition) is 1. The zero-order valence-electron chi connectivity index (χ0n) is 17.1. The van der Waals surface area contributed by atoms with Gasteiger partial charge in [0.1, 0.15) is 12.6 Å². The van der Waals surface area contributed by atoms with Gasteiger partial charge in [-0.2, -0.15) is 0 Å². The van der Waals surface area contributed by atoms with Crippen molar-refractivity contribution < 1.29 is 18.0 Å². The fourth-order valence-electron chi connectivity index (χ4n) is 2.83. The SMILES string of the molecule is CNC(=O)[C@H](C)N(Cc1ccc(Br)cc1)C(=O)CN(c1ccc(Cl)c(Cl)c1)S(C)(=O)=O. The van der Waals surface area contributed by atoms with Crippen LogP contribution in [0.2, 0.25) is 10.0 Å². The predicted octanol–water partition coefficient (Wildman–Crippen LogP) is 3.69. The van der Waals surface area contributed by atoms with Crippen LogP contribution in [0, 0.1) is 0 Å². The third-order valence-electron chi connectivity index (χ3n) is 4.55. The number of sulfonamides is 1. The number of carbonyl (C=O) groups is 2. The van der Waals surface area contributed by atoms with Crippen LogP contribution in [-0.4, -0.2) is 51.0 Å². The van der Waals surface area contributed by atoms with E-state index < -0.39 is 28.5 Å². The van der Waals surface area contributed by atoms with Crippen molar-refractivity contribution in [1.29, 1.82) is 0 Å². The molecule has 0 spiro atoms. The van der Waals surface area contributed by atoms with E-state index in [1.54, 1.807) is 6.92 Å². The fourth-order valence-corrected chi connectivity index (χ4v) is 4.23. The molecule has 7 nitrogen and oxygen atoms in total. The Morgan fingerprint density at radius 3 is 2.23 bits per heavy atom. The van der Waals surface area contributed by atoms with Crippen LogP contribution in [0.5, 0.6) is 0 Å². The number of nitrogens with one attached hydrogen (secondary N) is 1. The lowest BCUT2D eigenvalue weighted by atomic mass is 10.1. The molecule has 0 bridgehead atoms. The molecular formula is C20H22BrCl2N3O4S. The van der Waals surface area contributed by atoms with Crippen LogP contribution >= 0.6 is 39.1 Å². The van der Waals surface area contributed by atoms with Gasteiger partial charge in [0, 0.05) is 18.1 Å². The summed E-state index contributed by atoms with van der Waals surface area (Å²) in [5.41, 5.74) is 0.981. The van der Waals surface area contributed by atoms with E-state index >= 15 is 0 Å². The molecule has 0 aliphatic carbocycles. The Hall–Kier alpha value is -1.81. The number of hydrogen-bond acceptors (Lipinski definition) is 4. The predicted molar refractivity (Wildman–Crippen MR) is 127 cm³/mol. The van der Waals surface area contributed by atoms with Gasteiger partial charge in [-0.05, 0) is 42.8 Å². The van der Waals surface area contributed by atoms with Crippen molar-refractivity contribution in [2.45, 2.75) is 19.5 Å². The lowest BCUT2D eigenvalue weighted by Crippen LogP contribution is -2.50. The molecule has 31 heavy (non-hydrogen) atoms. The molecule has 1 atom stereocenters. The van der Waals surface area contributed by atoms with Crippen LogP contribution in [0.4, 0.5) is 5.69 Å². The van der Waals surface area contributed by atoms with Gasteiger partial charge in [-0.25, -0.2) is 8.42 Å². The number of anilines is 1. The van der Waals surface area contributed by atoms with Gasteiger partial charge >= 0.3 is 0 Å². The molecular weight excluding hydrogens is 529 g/mol. The first-order chi connectivity index (χ1) is 14.4. The standard InChI is InChI=1S/C20H22BrCl2N3O4S/c1-13(20(28)24-2)25(11-14-4-6-15(21)7-5-14)19(27)12-26(31(3,29)30)16-8-9-17(22)18(23)10-16/h4-10,13H,11-12H2,1-3H3,(H,24,28)/t13-/m0/s1. The summed E-state index contributed by atoms with van der Waals surface area (Å²) in [6.07, 6.45) is 0.990. The highest BCUT2D eigenvalue weighted by molar-refractivity contribution is 9.10. The minimum atomic E-state index is -3.83. The summed E-state index contributed by atoms with van der Waals surface area (Å²) in [7, 11) is -2.36. The van der Waals surface area contributed by atoms with Crippen LogP contribution < -0.4 is 9.62 Å². The molecule has 2 amide bonds. The Labute approximate surface area is 200 Å². The van der Waals surface area contributed by atoms with Gasteiger partial charge in [-0.3, -0.25) is 13.9 Å². The van der Waals surface area contributed by atoms with Crippen molar-refractivity contribution >= 4 is 66.7 Å². The molecule has 0 aromatic heterocycles. The van der Waals surface area contributed by atoms with Gasteiger partial charge < -0.3 is 10.2 Å². The van der Waals surface area contributed by atoms with Crippen LogP contribution in [0.15, 0.2) is 46.9 Å². The van der Waals surface area contributed by atoms with Gasteiger partial charge in [0.05, 0.1) is 22.0 Å². The highest BCUT2D eigenvalue weighted by Gasteiger charge is 2.29. The molecule has 0 unspecified atom stereocenters. The van der Waals surface area contributed by atoms with E-state index in [0.29, 0.717) is 0 Å². The van der Waals surface area contributed by atoms with E-state index in [9.17, 15) is 18.0 Å². The average molecular weight is 551 g/mol. The zero-order valence-corrected chi connectivity index (χ0v) is 21.0. The summed E-state index contributed by atoms with van der Waals surface area (Å²) in [5.74, 6) is -0.915. The van der Waals surface area contributed by atoms with Crippen molar-refractivity contribution in [3.8, 4) is 0 Å². The van der Waals surface area contributed by atoms with Gasteiger partial charge in [0.2, 0.25) is 21.8 Å². The topological polar surface area (TPSA) is 86.8 Å². The van der Waals surface area contributed by atoms with E-state index in [-0.39, 0.29) is 28.2 Å². The molecule has 11 heteroatoms. The first kappa shape index (κ1) is 25.5. The minimum Gasteiger partial charge on any atom is -0.357 e. The molecule has 0 aliphatic rings. The lowest BCUT2D eigenvalue weighted by Gasteiger charge is -2.31. The number of likely N-dealkylation sites (N-methyl/N-ethyl adjacent to an activating group) is 1. The number of nitrogens with zero attached hydrogens (tertiary/aromatic N) is 2. The van der Waals surface area contributed by atoms with Crippen LogP contribution in [0.3, 0.4) is 0 Å². The van der Waals surface area contributed by atoms with Gasteiger partial charge in [-0.1, -0.05) is 51.3 Å². The summed E-state index contributed by atoms with van der Waals surface area (Å²) < 4.78 is 26.7. The number of amides is 2. The molecule has 2 rings (SSSR count). The van der Waals surface area contributed by atoms with Crippen molar-refractivity contribution in [2.24, 2.45) is 0 Å². The van der Waals surface area contributed by atoms with Crippen molar-refractivity contribution in [2.75, 3.05) is 24.2 Å². The normalized spacial score (nSPS) is 12.2. The minimum absolute atomic E-state index is 0.125. The van der Waals surface area contributed by atoms with Crippen LogP contribution in [0.1, 0.15) is 12.5 Å². The monoisotopic (exact) mass is 549 g/mol. The second-order valence-corrected chi connectivity index (χ2v) is 10.4. The summed E-state index contributed by atoms with van der Waals surface area (Å²) in [4.78, 5) is 26.8. The summed E-state index contributed by atoms with van der Waals surface area (Å²) in [5, 5.41) is 2.94. The highest BCUT2D eigenvalue weighted by atomic mass is 79.9. The fraction of sp³-hybridized carbons (Fsp3) is 0.300. The molecule has 0 fully saturated rings. The van der Waals surface area contributed by atoms with Crippen LogP contribution in [-0.2, 0) is 26.2 Å². The zero-order chi connectivity index (χ0) is 23.3. The molecule has 2 aromatic carbocycles. The average Bonchev–Trinajstić information content (AvgIpc) is 2.71. The maximum Gasteiger partial charge on any atom is 0.244 e. The lowest BCUT2D eigenvalue weighted by molar-refractivity contribution is -0.139. The molecule has 0 aliphatic heterocycles. The Kier molecular flexibility index (Phi) is 8.76. The summed E-state index contributed by atoms with van der Waals surface area (Å²) >= 11 is 15.3. The Balaban J connectivity index is 2.39. The molecule has 168 valence electrons. The van der Waals surface area contributed by atoms with Crippen molar-refractivity contribution in [3.63, 3.8) is 0 Å². The van der Waals surface area contributed by atoms with E-state index in [1.807, 2.05) is 24.3 Å². The smallest absolute Gasteiger partial charge is 0.244 e. The summed E-state index contributed by atoms with van der Waals surface area (Å²) in [6.45, 7) is 1.20. The molecule has 0 saturated heterocycles. The van der Waals surface area contributed by atoms with E-state index in [4.69, 9.17) is 23.2 Å². The van der Waals surface area contributed by atoms with Gasteiger partial charge in [0.25, 0.3) is 0 Å². The number of halogens is 3. The Morgan fingerprint density at radius 2 is 1.71 bits per heavy atom. The third kappa shape index (κ3) is 6.83. The quantitative estimate of drug-likeness (QED) is 0.543. The number of benzene rings is 2. The molecule has 0 saturated carbocycles. The first-order valence-corrected chi connectivity index (χ1v) is 12.5. The molecule has 2 aromatic rings. The Bertz CT molecular complexity index is 1060. The van der Waals surface area contributed by atoms with Crippen molar-refractivity contribution in [1.82, 2.24) is 10.2 Å². The molecule has 0 radical (unpaired) electrons. The summed E-state index contributed by atoms with van der Waals surface area (Å²) in [6, 6.07) is 10.7. The van der Waals surface area contributed by atoms with E-state index in [0.717, 1.165) is 20.6 Å². The van der Waals surface area contributed by atoms with E-state index in [1.165, 1.54) is 30.1 Å². The highest BCUT2D eigenvalue weighted by Crippen LogP contribution is 2.28. The second-order valence-electron chi connectivity index (χ2n) is 6.81. The third-order valence-corrected chi connectivity index (χ3v) is 6.96. The van der Waals surface area contributed by atoms with Crippen LogP contribution in [0.25, 0.3) is 0 Å². The second kappa shape index (κ2) is 10.7. The Morgan fingerprint density at radius 1 is 1.10 bits per heavy atom. The maximum absolute atomic E-state index is 13.2. The molecule has 1 N–H and O–H groups in total. The largest absolute Gasteiger partial charge is 0.357 e. The first-order valence-electron chi connectivity index (χ1n) is 9.12. The number of carbonyl (C=O) groups excluding carboxylic acids is 2. The van der Waals surface area contributed by atoms with E-state index in [2.05, 4.69) is 21.2 Å². The van der Waals surface area contributed by atoms with Gasteiger partial charge in [0.15, 0.2) is 0 Å². The maximum atomic E-state index is 13.2. The number of rotatable bonds is 8. The van der Waals surface area contributed by atoms with Crippen molar-refractivity contribution in [3.05, 3.63) is 62.5 Å². The van der Waals surface area contributed by atoms with Gasteiger partial charge in [-0.15, -0.1) is 0 Å².